The topological polar surface area (TPSA) is 67.2 Å². The number of imidazole rings is 1. The number of hydrogen-bond acceptors (Lipinski definition) is 4. The van der Waals surface area contributed by atoms with E-state index in [1.807, 2.05) is 0 Å². The first-order valence-electron chi connectivity index (χ1n) is 8.45. The van der Waals surface area contributed by atoms with E-state index in [2.05, 4.69) is 10.3 Å². The number of aromatic nitrogens is 2. The molecule has 2 amide bonds. The van der Waals surface area contributed by atoms with Crippen molar-refractivity contribution < 1.29 is 22.8 Å². The molecule has 1 aromatic carbocycles. The SMILES string of the molecule is CC(C)N(CC(=O)Nc1ccccc1C(F)(F)F)C(=O)CSc1nccn1C. The number of amides is 2. The smallest absolute Gasteiger partial charge is 0.330 e. The molecule has 2 rings (SSSR count). The van der Waals surface area contributed by atoms with Crippen molar-refractivity contribution in [2.75, 3.05) is 17.6 Å². The molecule has 0 aliphatic carbocycles. The lowest BCUT2D eigenvalue weighted by molar-refractivity contribution is -0.137. The summed E-state index contributed by atoms with van der Waals surface area (Å²) in [6.45, 7) is 3.13. The molecule has 152 valence electrons. The van der Waals surface area contributed by atoms with Crippen molar-refractivity contribution >= 4 is 29.3 Å². The van der Waals surface area contributed by atoms with Gasteiger partial charge in [0.25, 0.3) is 0 Å². The molecule has 28 heavy (non-hydrogen) atoms. The summed E-state index contributed by atoms with van der Waals surface area (Å²) in [5, 5.41) is 2.91. The Hall–Kier alpha value is -2.49. The second-order valence-corrected chi connectivity index (χ2v) is 7.26. The van der Waals surface area contributed by atoms with Gasteiger partial charge >= 0.3 is 6.18 Å². The zero-order valence-corrected chi connectivity index (χ0v) is 16.5. The van der Waals surface area contributed by atoms with Gasteiger partial charge in [-0.1, -0.05) is 23.9 Å². The van der Waals surface area contributed by atoms with E-state index >= 15 is 0 Å². The summed E-state index contributed by atoms with van der Waals surface area (Å²) in [5.74, 6) is -0.932. The van der Waals surface area contributed by atoms with Crippen LogP contribution < -0.4 is 5.32 Å². The van der Waals surface area contributed by atoms with Crippen molar-refractivity contribution in [2.24, 2.45) is 7.05 Å². The van der Waals surface area contributed by atoms with Gasteiger partial charge in [-0.3, -0.25) is 9.59 Å². The Morgan fingerprint density at radius 2 is 1.96 bits per heavy atom. The molecule has 0 fully saturated rings. The maximum Gasteiger partial charge on any atom is 0.418 e. The van der Waals surface area contributed by atoms with Crippen LogP contribution in [0, 0.1) is 0 Å². The average Bonchev–Trinajstić information content (AvgIpc) is 3.02. The predicted octanol–water partition coefficient (Wildman–Crippen LogP) is 3.41. The van der Waals surface area contributed by atoms with Crippen LogP contribution in [-0.2, 0) is 22.8 Å². The van der Waals surface area contributed by atoms with Crippen LogP contribution in [0.25, 0.3) is 0 Å². The fourth-order valence-electron chi connectivity index (χ4n) is 2.44. The molecule has 6 nitrogen and oxygen atoms in total. The number of benzene rings is 1. The van der Waals surface area contributed by atoms with Gasteiger partial charge in [0, 0.05) is 25.5 Å². The van der Waals surface area contributed by atoms with Gasteiger partial charge in [-0.2, -0.15) is 13.2 Å². The van der Waals surface area contributed by atoms with Crippen LogP contribution >= 0.6 is 11.8 Å². The molecule has 10 heteroatoms. The molecule has 0 saturated carbocycles. The van der Waals surface area contributed by atoms with Crippen molar-refractivity contribution in [1.82, 2.24) is 14.5 Å². The molecule has 0 aliphatic heterocycles. The van der Waals surface area contributed by atoms with Gasteiger partial charge in [0.1, 0.15) is 6.54 Å². The van der Waals surface area contributed by atoms with Crippen LogP contribution in [0.15, 0.2) is 41.8 Å². The van der Waals surface area contributed by atoms with E-state index in [9.17, 15) is 22.8 Å². The first-order chi connectivity index (χ1) is 13.1. The standard InChI is InChI=1S/C18H21F3N4O2S/c1-12(2)25(16(27)11-28-17-22-8-9-24(17)3)10-15(26)23-14-7-5-4-6-13(14)18(19,20)21/h4-9,12H,10-11H2,1-3H3,(H,23,26). The maximum absolute atomic E-state index is 13.1. The van der Waals surface area contributed by atoms with Crippen molar-refractivity contribution in [3.05, 3.63) is 42.2 Å². The number of thioether (sulfide) groups is 1. The summed E-state index contributed by atoms with van der Waals surface area (Å²) < 4.78 is 40.9. The van der Waals surface area contributed by atoms with E-state index in [1.54, 1.807) is 37.9 Å². The quantitative estimate of drug-likeness (QED) is 0.705. The lowest BCUT2D eigenvalue weighted by Crippen LogP contribution is -2.43. The number of nitrogens with zero attached hydrogens (tertiary/aromatic N) is 3. The van der Waals surface area contributed by atoms with E-state index in [0.717, 1.165) is 6.07 Å². The number of aryl methyl sites for hydroxylation is 1. The van der Waals surface area contributed by atoms with Crippen LogP contribution in [0.3, 0.4) is 0 Å². The Kier molecular flexibility index (Phi) is 7.11. The van der Waals surface area contributed by atoms with Crippen LogP contribution in [0.5, 0.6) is 0 Å². The summed E-state index contributed by atoms with van der Waals surface area (Å²) in [5.41, 5.74) is -1.27. The number of alkyl halides is 3. The van der Waals surface area contributed by atoms with Crippen LogP contribution in [0.2, 0.25) is 0 Å². The summed E-state index contributed by atoms with van der Waals surface area (Å²) >= 11 is 1.22. The lowest BCUT2D eigenvalue weighted by atomic mass is 10.1. The van der Waals surface area contributed by atoms with Gasteiger partial charge in [0.2, 0.25) is 11.8 Å². The second kappa shape index (κ2) is 9.13. The largest absolute Gasteiger partial charge is 0.418 e. The minimum absolute atomic E-state index is 0.0649. The van der Waals surface area contributed by atoms with E-state index in [4.69, 9.17) is 0 Å². The molecule has 0 spiro atoms. The van der Waals surface area contributed by atoms with Crippen molar-refractivity contribution in [3.8, 4) is 0 Å². The minimum atomic E-state index is -4.59. The lowest BCUT2D eigenvalue weighted by Gasteiger charge is -2.26. The molecule has 1 N–H and O–H groups in total. The van der Waals surface area contributed by atoms with Gasteiger partial charge in [0.05, 0.1) is 17.0 Å². The molecule has 0 radical (unpaired) electrons. The Morgan fingerprint density at radius 1 is 1.29 bits per heavy atom. The van der Waals surface area contributed by atoms with Crippen molar-refractivity contribution in [1.29, 1.82) is 0 Å². The predicted molar refractivity (Wildman–Crippen MR) is 101 cm³/mol. The van der Waals surface area contributed by atoms with Crippen molar-refractivity contribution in [3.63, 3.8) is 0 Å². The number of rotatable bonds is 7. The highest BCUT2D eigenvalue weighted by Crippen LogP contribution is 2.34. The Labute approximate surface area is 165 Å². The Bertz CT molecular complexity index is 836. The van der Waals surface area contributed by atoms with Crippen LogP contribution in [0.1, 0.15) is 19.4 Å². The van der Waals surface area contributed by atoms with Gasteiger partial charge in [-0.25, -0.2) is 4.98 Å². The molecule has 0 atom stereocenters. The number of halogens is 3. The first-order valence-corrected chi connectivity index (χ1v) is 9.43. The third-order valence-corrected chi connectivity index (χ3v) is 4.91. The summed E-state index contributed by atoms with van der Waals surface area (Å²) in [4.78, 5) is 30.2. The molecule has 1 heterocycles. The number of anilines is 1. The molecular formula is C18H21F3N4O2S. The summed E-state index contributed by atoms with van der Waals surface area (Å²) in [6.07, 6.45) is -1.23. The highest BCUT2D eigenvalue weighted by Gasteiger charge is 2.33. The Morgan fingerprint density at radius 3 is 2.54 bits per heavy atom. The van der Waals surface area contributed by atoms with Crippen molar-refractivity contribution in [2.45, 2.75) is 31.2 Å². The van der Waals surface area contributed by atoms with E-state index < -0.39 is 17.6 Å². The third-order valence-electron chi connectivity index (χ3n) is 3.87. The molecule has 0 saturated heterocycles. The summed E-state index contributed by atoms with van der Waals surface area (Å²) in [6, 6.07) is 4.43. The monoisotopic (exact) mass is 414 g/mol. The Balaban J connectivity index is 2.03. The zero-order chi connectivity index (χ0) is 20.9. The maximum atomic E-state index is 13.1. The van der Waals surface area contributed by atoms with Gasteiger partial charge < -0.3 is 14.8 Å². The van der Waals surface area contributed by atoms with E-state index in [-0.39, 0.29) is 29.9 Å². The second-order valence-electron chi connectivity index (χ2n) is 6.32. The normalized spacial score (nSPS) is 11.5. The third kappa shape index (κ3) is 5.75. The van der Waals surface area contributed by atoms with Crippen LogP contribution in [-0.4, -0.2) is 44.6 Å². The fraction of sp³-hybridized carbons (Fsp3) is 0.389. The minimum Gasteiger partial charge on any atom is -0.330 e. The first kappa shape index (κ1) is 21.8. The highest BCUT2D eigenvalue weighted by molar-refractivity contribution is 7.99. The van der Waals surface area contributed by atoms with Crippen LogP contribution in [0.4, 0.5) is 18.9 Å². The summed E-state index contributed by atoms with van der Waals surface area (Å²) in [7, 11) is 1.80. The van der Waals surface area contributed by atoms with Gasteiger partial charge in [-0.15, -0.1) is 0 Å². The molecular weight excluding hydrogens is 393 g/mol. The number of hydrogen-bond donors (Lipinski definition) is 1. The molecule has 2 aromatic rings. The number of carbonyl (C=O) groups is 2. The molecule has 0 bridgehead atoms. The number of nitrogens with one attached hydrogen (secondary N) is 1. The molecule has 1 aromatic heterocycles. The van der Waals surface area contributed by atoms with E-state index in [0.29, 0.717) is 5.16 Å². The number of para-hydroxylation sites is 1. The van der Waals surface area contributed by atoms with Gasteiger partial charge in [0.15, 0.2) is 5.16 Å². The fourth-order valence-corrected chi connectivity index (χ4v) is 3.26. The average molecular weight is 414 g/mol. The highest BCUT2D eigenvalue weighted by atomic mass is 32.2. The van der Waals surface area contributed by atoms with Gasteiger partial charge in [-0.05, 0) is 26.0 Å². The molecule has 0 unspecified atom stereocenters. The number of carbonyl (C=O) groups excluding carboxylic acids is 2. The molecule has 0 aliphatic rings. The van der Waals surface area contributed by atoms with E-state index in [1.165, 1.54) is 34.9 Å². The zero-order valence-electron chi connectivity index (χ0n) is 15.7.